The molecule has 0 atom stereocenters. The fourth-order valence-corrected chi connectivity index (χ4v) is 2.97. The highest BCUT2D eigenvalue weighted by atomic mass is 19.4. The monoisotopic (exact) mass is 407 g/mol. The Balaban J connectivity index is 2.31. The number of nitrogen functional groups attached to an aromatic ring is 1. The maximum Gasteiger partial charge on any atom is 0.416 e. The van der Waals surface area contributed by atoms with Crippen molar-refractivity contribution in [3.05, 3.63) is 70.8 Å². The second kappa shape index (κ2) is 7.57. The largest absolute Gasteiger partial charge is 0.416 e. The van der Waals surface area contributed by atoms with Gasteiger partial charge in [0.15, 0.2) is 0 Å². The fourth-order valence-electron chi connectivity index (χ4n) is 2.97. The third-order valence-electron chi connectivity index (χ3n) is 4.37. The number of rotatable bonds is 3. The van der Waals surface area contributed by atoms with Gasteiger partial charge in [-0.1, -0.05) is 24.3 Å². The first-order valence-electron chi connectivity index (χ1n) is 8.39. The smallest absolute Gasteiger partial charge is 0.383 e. The number of pyridine rings is 1. The molecular weight excluding hydrogens is 395 g/mol. The molecule has 3 aromatic rings. The molecule has 2 aromatic carbocycles. The van der Waals surface area contributed by atoms with E-state index >= 15 is 0 Å². The third kappa shape index (κ3) is 3.64. The van der Waals surface area contributed by atoms with Crippen LogP contribution in [-0.2, 0) is 6.18 Å². The first-order valence-corrected chi connectivity index (χ1v) is 8.39. The number of alkyl halides is 3. The van der Waals surface area contributed by atoms with E-state index in [1.165, 1.54) is 18.2 Å². The van der Waals surface area contributed by atoms with Crippen LogP contribution in [-0.4, -0.2) is 10.9 Å². The zero-order valence-electron chi connectivity index (χ0n) is 15.2. The molecule has 0 fully saturated rings. The maximum absolute atomic E-state index is 12.9. The van der Waals surface area contributed by atoms with Crippen LogP contribution in [0.1, 0.15) is 27.0 Å². The first kappa shape index (κ1) is 20.4. The normalized spacial score (nSPS) is 10.8. The highest BCUT2D eigenvalue weighted by Crippen LogP contribution is 2.37. The van der Waals surface area contributed by atoms with Crippen molar-refractivity contribution >= 4 is 11.7 Å². The van der Waals surface area contributed by atoms with Crippen LogP contribution in [0.5, 0.6) is 0 Å². The van der Waals surface area contributed by atoms with Gasteiger partial charge in [-0.2, -0.15) is 23.7 Å². The summed E-state index contributed by atoms with van der Waals surface area (Å²) >= 11 is 0. The predicted octanol–water partition coefficient (Wildman–Crippen LogP) is 3.86. The molecule has 0 bridgehead atoms. The van der Waals surface area contributed by atoms with E-state index in [-0.39, 0.29) is 39.3 Å². The molecule has 0 saturated heterocycles. The summed E-state index contributed by atoms with van der Waals surface area (Å²) in [5.74, 6) is -0.897. The highest BCUT2D eigenvalue weighted by molar-refractivity contribution is 5.95. The summed E-state index contributed by atoms with van der Waals surface area (Å²) in [5.41, 5.74) is 11.0. The number of primary amides is 1. The lowest BCUT2D eigenvalue weighted by Gasteiger charge is -2.14. The Hall–Kier alpha value is -4.37. The number of benzene rings is 2. The molecule has 148 valence electrons. The summed E-state index contributed by atoms with van der Waals surface area (Å²) in [6.07, 6.45) is -4.54. The number of hydrogen-bond donors (Lipinski definition) is 2. The number of nitrogens with two attached hydrogens (primary N) is 2. The van der Waals surface area contributed by atoms with Crippen molar-refractivity contribution in [1.29, 1.82) is 10.5 Å². The molecule has 9 heteroatoms. The molecule has 1 heterocycles. The SMILES string of the molecule is N#Cc1c(N)nc(-c2cccc(C(N)=O)c2)c(C#N)c1-c1ccc(C(F)(F)F)cc1. The minimum Gasteiger partial charge on any atom is -0.383 e. The Bertz CT molecular complexity index is 1240. The van der Waals surface area contributed by atoms with E-state index in [9.17, 15) is 28.5 Å². The van der Waals surface area contributed by atoms with E-state index in [1.54, 1.807) is 6.07 Å². The number of halogens is 3. The van der Waals surface area contributed by atoms with Crippen LogP contribution in [0.3, 0.4) is 0 Å². The van der Waals surface area contributed by atoms with Gasteiger partial charge in [0.05, 0.1) is 16.8 Å². The summed E-state index contributed by atoms with van der Waals surface area (Å²) in [6.45, 7) is 0. The van der Waals surface area contributed by atoms with Crippen molar-refractivity contribution in [1.82, 2.24) is 4.98 Å². The summed E-state index contributed by atoms with van der Waals surface area (Å²) < 4.78 is 38.7. The number of nitrogens with zero attached hydrogens (tertiary/aromatic N) is 3. The zero-order chi connectivity index (χ0) is 22.1. The second-order valence-electron chi connectivity index (χ2n) is 6.21. The molecule has 1 amide bonds. The average Bonchev–Trinajstić information content (AvgIpc) is 2.72. The topological polar surface area (TPSA) is 130 Å². The Kier molecular flexibility index (Phi) is 5.14. The zero-order valence-corrected chi connectivity index (χ0v) is 15.2. The molecule has 30 heavy (non-hydrogen) atoms. The average molecular weight is 407 g/mol. The van der Waals surface area contributed by atoms with Gasteiger partial charge in [-0.05, 0) is 29.8 Å². The van der Waals surface area contributed by atoms with Gasteiger partial charge in [-0.25, -0.2) is 4.98 Å². The number of anilines is 1. The Morgan fingerprint density at radius 1 is 0.967 bits per heavy atom. The minimum atomic E-state index is -4.54. The van der Waals surface area contributed by atoms with Crippen LogP contribution >= 0.6 is 0 Å². The molecule has 0 aliphatic rings. The van der Waals surface area contributed by atoms with Gasteiger partial charge in [0.25, 0.3) is 0 Å². The summed E-state index contributed by atoms with van der Waals surface area (Å²) in [6, 6.07) is 13.8. The van der Waals surface area contributed by atoms with Crippen molar-refractivity contribution < 1.29 is 18.0 Å². The van der Waals surface area contributed by atoms with Gasteiger partial charge < -0.3 is 11.5 Å². The third-order valence-corrected chi connectivity index (χ3v) is 4.37. The molecule has 0 saturated carbocycles. The summed E-state index contributed by atoms with van der Waals surface area (Å²) in [5, 5.41) is 19.3. The van der Waals surface area contributed by atoms with Gasteiger partial charge in [-0.3, -0.25) is 4.79 Å². The summed E-state index contributed by atoms with van der Waals surface area (Å²) in [4.78, 5) is 15.6. The standard InChI is InChI=1S/C21H12F3N5O/c22-21(23,24)14-6-4-11(5-7-14)17-15(9-25)18(29-19(27)16(17)10-26)12-2-1-3-13(8-12)20(28)30/h1-8H,(H2,27,29)(H2,28,30). The molecule has 3 rings (SSSR count). The number of carbonyl (C=O) groups is 1. The number of aromatic nitrogens is 1. The molecule has 0 spiro atoms. The maximum atomic E-state index is 12.9. The lowest BCUT2D eigenvalue weighted by Crippen LogP contribution is -2.11. The quantitative estimate of drug-likeness (QED) is 0.681. The van der Waals surface area contributed by atoms with Crippen LogP contribution in [0.2, 0.25) is 0 Å². The van der Waals surface area contributed by atoms with Gasteiger partial charge in [0, 0.05) is 16.7 Å². The molecular formula is C21H12F3N5O. The molecule has 0 aliphatic heterocycles. The molecule has 0 aliphatic carbocycles. The molecule has 6 nitrogen and oxygen atoms in total. The molecule has 0 unspecified atom stereocenters. The van der Waals surface area contributed by atoms with Crippen molar-refractivity contribution in [2.45, 2.75) is 6.18 Å². The molecule has 1 aromatic heterocycles. The van der Waals surface area contributed by atoms with Crippen molar-refractivity contribution in [2.75, 3.05) is 5.73 Å². The molecule has 0 radical (unpaired) electrons. The Morgan fingerprint density at radius 2 is 1.60 bits per heavy atom. The van der Waals surface area contributed by atoms with Crippen LogP contribution in [0.4, 0.5) is 19.0 Å². The van der Waals surface area contributed by atoms with E-state index in [1.807, 2.05) is 12.1 Å². The molecule has 4 N–H and O–H groups in total. The van der Waals surface area contributed by atoms with Crippen LogP contribution in [0, 0.1) is 22.7 Å². The van der Waals surface area contributed by atoms with Crippen LogP contribution < -0.4 is 11.5 Å². The van der Waals surface area contributed by atoms with E-state index < -0.39 is 17.6 Å². The van der Waals surface area contributed by atoms with E-state index in [0.717, 1.165) is 24.3 Å². The lowest BCUT2D eigenvalue weighted by atomic mass is 9.91. The summed E-state index contributed by atoms with van der Waals surface area (Å²) in [7, 11) is 0. The Morgan fingerprint density at radius 3 is 2.13 bits per heavy atom. The second-order valence-corrected chi connectivity index (χ2v) is 6.21. The highest BCUT2D eigenvalue weighted by Gasteiger charge is 2.30. The van der Waals surface area contributed by atoms with Gasteiger partial charge in [0.2, 0.25) is 5.91 Å². The Labute approximate surface area is 168 Å². The van der Waals surface area contributed by atoms with Crippen LogP contribution in [0.25, 0.3) is 22.4 Å². The van der Waals surface area contributed by atoms with Crippen molar-refractivity contribution in [2.24, 2.45) is 5.73 Å². The number of hydrogen-bond acceptors (Lipinski definition) is 5. The number of amides is 1. The minimum absolute atomic E-state index is 0.0562. The lowest BCUT2D eigenvalue weighted by molar-refractivity contribution is -0.137. The predicted molar refractivity (Wildman–Crippen MR) is 102 cm³/mol. The van der Waals surface area contributed by atoms with Gasteiger partial charge in [0.1, 0.15) is 23.5 Å². The van der Waals surface area contributed by atoms with Gasteiger partial charge in [-0.15, -0.1) is 0 Å². The van der Waals surface area contributed by atoms with Crippen molar-refractivity contribution in [3.8, 4) is 34.5 Å². The van der Waals surface area contributed by atoms with Crippen LogP contribution in [0.15, 0.2) is 48.5 Å². The fraction of sp³-hybridized carbons (Fsp3) is 0.0476. The van der Waals surface area contributed by atoms with E-state index in [4.69, 9.17) is 11.5 Å². The van der Waals surface area contributed by atoms with E-state index in [0.29, 0.717) is 5.56 Å². The first-order chi connectivity index (χ1) is 14.2. The number of carbonyl (C=O) groups excluding carboxylic acids is 1. The van der Waals surface area contributed by atoms with Crippen molar-refractivity contribution in [3.63, 3.8) is 0 Å². The van der Waals surface area contributed by atoms with Gasteiger partial charge >= 0.3 is 6.18 Å². The van der Waals surface area contributed by atoms with E-state index in [2.05, 4.69) is 4.98 Å². The number of nitriles is 2.